The molecule has 1 atom stereocenters. The number of nitrogens with two attached hydrogens (primary N) is 1. The highest BCUT2D eigenvalue weighted by Gasteiger charge is 2.17. The van der Waals surface area contributed by atoms with Crippen LogP contribution in [0.15, 0.2) is 0 Å². The average Bonchev–Trinajstić information content (AvgIpc) is 2.08. The number of rotatable bonds is 0. The fraction of sp³-hybridized carbons (Fsp3) is 0.143. The van der Waals surface area contributed by atoms with Crippen molar-refractivity contribution in [2.45, 2.75) is 6.92 Å². The molecule has 0 saturated heterocycles. The molecule has 0 bridgehead atoms. The lowest BCUT2D eigenvalue weighted by atomic mass is 10.2. The first-order valence-electron chi connectivity index (χ1n) is 3.14. The van der Waals surface area contributed by atoms with Gasteiger partial charge in [0, 0.05) is 5.30 Å². The standard InChI is InChI=1S/C7H7F3NP/c1-2-3(8)4(9)6(11)5(10)7(2)12/h11-12H2,1H3. The normalized spacial score (nSPS) is 10.4. The van der Waals surface area contributed by atoms with Crippen molar-refractivity contribution in [2.75, 3.05) is 5.73 Å². The molecular weight excluding hydrogens is 186 g/mol. The van der Waals surface area contributed by atoms with Crippen LogP contribution >= 0.6 is 9.24 Å². The third kappa shape index (κ3) is 1.16. The van der Waals surface area contributed by atoms with Crippen molar-refractivity contribution in [1.82, 2.24) is 0 Å². The van der Waals surface area contributed by atoms with Gasteiger partial charge in [0.05, 0.1) is 0 Å². The number of nitrogen functional groups attached to an aromatic ring is 1. The van der Waals surface area contributed by atoms with Crippen LogP contribution in [0.2, 0.25) is 0 Å². The van der Waals surface area contributed by atoms with Crippen molar-refractivity contribution in [3.05, 3.63) is 23.0 Å². The number of anilines is 1. The molecule has 12 heavy (non-hydrogen) atoms. The molecule has 0 amide bonds. The molecule has 1 nitrogen and oxygen atoms in total. The van der Waals surface area contributed by atoms with Crippen LogP contribution in [0, 0.1) is 24.4 Å². The molecule has 0 aliphatic carbocycles. The lowest BCUT2D eigenvalue weighted by Crippen LogP contribution is -2.13. The highest BCUT2D eigenvalue weighted by atomic mass is 31.0. The first kappa shape index (κ1) is 9.33. The Hall–Kier alpha value is -0.760. The maximum Gasteiger partial charge on any atom is 0.184 e. The lowest BCUT2D eigenvalue weighted by molar-refractivity contribution is 0.497. The monoisotopic (exact) mass is 193 g/mol. The zero-order valence-electron chi connectivity index (χ0n) is 6.29. The summed E-state index contributed by atoms with van der Waals surface area (Å²) >= 11 is 0. The number of halogens is 3. The maximum atomic E-state index is 12.9. The van der Waals surface area contributed by atoms with Crippen molar-refractivity contribution >= 4 is 20.2 Å². The maximum absolute atomic E-state index is 12.9. The van der Waals surface area contributed by atoms with Crippen LogP contribution < -0.4 is 11.0 Å². The van der Waals surface area contributed by atoms with Gasteiger partial charge < -0.3 is 5.73 Å². The Morgan fingerprint density at radius 2 is 1.58 bits per heavy atom. The van der Waals surface area contributed by atoms with E-state index in [4.69, 9.17) is 5.73 Å². The van der Waals surface area contributed by atoms with Gasteiger partial charge in [0.1, 0.15) is 5.69 Å². The quantitative estimate of drug-likeness (QED) is 0.377. The minimum Gasteiger partial charge on any atom is -0.394 e. The zero-order valence-corrected chi connectivity index (χ0v) is 7.44. The minimum absolute atomic E-state index is 0.0357. The molecule has 1 aromatic rings. The van der Waals surface area contributed by atoms with E-state index < -0.39 is 23.1 Å². The largest absolute Gasteiger partial charge is 0.394 e. The Kier molecular flexibility index (Phi) is 2.29. The minimum atomic E-state index is -1.32. The van der Waals surface area contributed by atoms with Crippen LogP contribution in [0.1, 0.15) is 5.56 Å². The number of hydrogen-bond donors (Lipinski definition) is 1. The van der Waals surface area contributed by atoms with Crippen molar-refractivity contribution in [1.29, 1.82) is 0 Å². The van der Waals surface area contributed by atoms with Gasteiger partial charge in [-0.3, -0.25) is 0 Å². The molecular formula is C7H7F3NP. The molecule has 0 aromatic heterocycles. The second-order valence-electron chi connectivity index (χ2n) is 2.39. The smallest absolute Gasteiger partial charge is 0.184 e. The van der Waals surface area contributed by atoms with E-state index in [9.17, 15) is 13.2 Å². The van der Waals surface area contributed by atoms with Crippen molar-refractivity contribution in [3.8, 4) is 0 Å². The first-order chi connectivity index (χ1) is 5.46. The van der Waals surface area contributed by atoms with Crippen LogP contribution in [-0.2, 0) is 0 Å². The predicted octanol–water partition coefficient (Wildman–Crippen LogP) is 1.49. The second kappa shape index (κ2) is 2.94. The average molecular weight is 193 g/mol. The van der Waals surface area contributed by atoms with E-state index in [1.807, 2.05) is 9.24 Å². The summed E-state index contributed by atoms with van der Waals surface area (Å²) < 4.78 is 38.4. The van der Waals surface area contributed by atoms with E-state index in [1.165, 1.54) is 6.92 Å². The van der Waals surface area contributed by atoms with Gasteiger partial charge in [0.15, 0.2) is 17.5 Å². The molecule has 0 heterocycles. The van der Waals surface area contributed by atoms with Crippen LogP contribution in [0.5, 0.6) is 0 Å². The number of hydrogen-bond acceptors (Lipinski definition) is 1. The summed E-state index contributed by atoms with van der Waals surface area (Å²) in [5, 5.41) is -0.0357. The van der Waals surface area contributed by atoms with Crippen molar-refractivity contribution < 1.29 is 13.2 Å². The van der Waals surface area contributed by atoms with Crippen LogP contribution in [0.3, 0.4) is 0 Å². The van der Waals surface area contributed by atoms with E-state index in [0.717, 1.165) is 0 Å². The summed E-state index contributed by atoms with van der Waals surface area (Å²) in [6.45, 7) is 1.28. The fourth-order valence-electron chi connectivity index (χ4n) is 0.807. The Labute approximate surface area is 70.0 Å². The topological polar surface area (TPSA) is 26.0 Å². The number of benzene rings is 1. The van der Waals surface area contributed by atoms with Crippen molar-refractivity contribution in [3.63, 3.8) is 0 Å². The highest BCUT2D eigenvalue weighted by molar-refractivity contribution is 7.27. The Bertz CT molecular complexity index is 233. The highest BCUT2D eigenvalue weighted by Crippen LogP contribution is 2.21. The van der Waals surface area contributed by atoms with Crippen molar-refractivity contribution in [2.24, 2.45) is 0 Å². The van der Waals surface area contributed by atoms with Gasteiger partial charge in [0.25, 0.3) is 0 Å². The summed E-state index contributed by atoms with van der Waals surface area (Å²) in [6, 6.07) is 0. The Morgan fingerprint density at radius 3 is 2.08 bits per heavy atom. The SMILES string of the molecule is Cc1c(F)c(F)c(N)c(F)c1P. The molecule has 2 N–H and O–H groups in total. The van der Waals surface area contributed by atoms with Gasteiger partial charge in [-0.2, -0.15) is 0 Å². The van der Waals surface area contributed by atoms with E-state index in [2.05, 4.69) is 0 Å². The molecule has 1 unspecified atom stereocenters. The van der Waals surface area contributed by atoms with E-state index in [1.54, 1.807) is 0 Å². The first-order valence-corrected chi connectivity index (χ1v) is 3.72. The summed E-state index contributed by atoms with van der Waals surface area (Å²) in [5.74, 6) is -3.34. The van der Waals surface area contributed by atoms with Crippen LogP contribution in [0.25, 0.3) is 0 Å². The molecule has 0 fully saturated rings. The summed E-state index contributed by atoms with van der Waals surface area (Å²) in [6.07, 6.45) is 0. The zero-order chi connectivity index (χ0) is 9.46. The molecule has 0 saturated carbocycles. The Morgan fingerprint density at radius 1 is 1.08 bits per heavy atom. The third-order valence-electron chi connectivity index (χ3n) is 1.64. The van der Waals surface area contributed by atoms with Crippen LogP contribution in [0.4, 0.5) is 18.9 Å². The predicted molar refractivity (Wildman–Crippen MR) is 44.8 cm³/mol. The van der Waals surface area contributed by atoms with E-state index >= 15 is 0 Å². The molecule has 0 aliphatic heterocycles. The van der Waals surface area contributed by atoms with Gasteiger partial charge in [0.2, 0.25) is 0 Å². The molecule has 0 spiro atoms. The van der Waals surface area contributed by atoms with Gasteiger partial charge >= 0.3 is 0 Å². The van der Waals surface area contributed by atoms with E-state index in [-0.39, 0.29) is 10.9 Å². The molecule has 1 rings (SSSR count). The van der Waals surface area contributed by atoms with Gasteiger partial charge in [-0.05, 0) is 12.5 Å². The van der Waals surface area contributed by atoms with Gasteiger partial charge in [-0.1, -0.05) is 0 Å². The summed E-state index contributed by atoms with van der Waals surface area (Å²) in [5.41, 5.74) is 4.09. The molecule has 1 aromatic carbocycles. The van der Waals surface area contributed by atoms with Gasteiger partial charge in [-0.15, -0.1) is 9.24 Å². The molecule has 0 aliphatic rings. The van der Waals surface area contributed by atoms with Crippen LogP contribution in [-0.4, -0.2) is 0 Å². The fourth-order valence-corrected chi connectivity index (χ4v) is 1.09. The summed E-state index contributed by atoms with van der Waals surface area (Å²) in [7, 11) is 1.97. The molecule has 5 heteroatoms. The summed E-state index contributed by atoms with van der Waals surface area (Å²) in [4.78, 5) is 0. The third-order valence-corrected chi connectivity index (χ3v) is 2.32. The van der Waals surface area contributed by atoms with Gasteiger partial charge in [-0.25, -0.2) is 13.2 Å². The Balaban J connectivity index is 3.60. The molecule has 0 radical (unpaired) electrons. The molecule has 66 valence electrons. The second-order valence-corrected chi connectivity index (χ2v) is 2.97. The van der Waals surface area contributed by atoms with E-state index in [0.29, 0.717) is 0 Å². The lowest BCUT2D eigenvalue weighted by Gasteiger charge is -2.07.